The lowest BCUT2D eigenvalue weighted by Gasteiger charge is -2.23. The number of nitrogens with zero attached hydrogens (tertiary/aromatic N) is 1. The Labute approximate surface area is 101 Å². The fourth-order valence-electron chi connectivity index (χ4n) is 1.77. The van der Waals surface area contributed by atoms with Gasteiger partial charge in [0.15, 0.2) is 0 Å². The van der Waals surface area contributed by atoms with Crippen LogP contribution in [0, 0.1) is 0 Å². The van der Waals surface area contributed by atoms with Gasteiger partial charge in [-0.1, -0.05) is 6.92 Å². The van der Waals surface area contributed by atoms with E-state index in [0.717, 1.165) is 19.4 Å². The maximum Gasteiger partial charge on any atom is 0.326 e. The molecule has 0 aromatic heterocycles. The van der Waals surface area contributed by atoms with Crippen molar-refractivity contribution in [2.24, 2.45) is 0 Å². The van der Waals surface area contributed by atoms with Crippen LogP contribution in [-0.4, -0.2) is 54.4 Å². The Morgan fingerprint density at radius 1 is 1.59 bits per heavy atom. The molecule has 2 amide bonds. The molecular weight excluding hydrogens is 224 g/mol. The van der Waals surface area contributed by atoms with E-state index >= 15 is 0 Å². The number of hydrogen-bond donors (Lipinski definition) is 2. The average molecular weight is 244 g/mol. The standard InChI is InChI=1S/C11H20N2O4/c1-3-9(10(14)15)12-11(16)13(2)7-8-5-4-6-17-8/h8-9H,3-7H2,1-2H3,(H,12,16)(H,14,15)/t8?,9-/m0/s1. The van der Waals surface area contributed by atoms with E-state index in [9.17, 15) is 9.59 Å². The Morgan fingerprint density at radius 2 is 2.29 bits per heavy atom. The van der Waals surface area contributed by atoms with Crippen molar-refractivity contribution in [3.05, 3.63) is 0 Å². The number of rotatable bonds is 5. The summed E-state index contributed by atoms with van der Waals surface area (Å²) >= 11 is 0. The quantitative estimate of drug-likeness (QED) is 0.745. The lowest BCUT2D eigenvalue weighted by Crippen LogP contribution is -2.48. The SMILES string of the molecule is CC[C@H](NC(=O)N(C)CC1CCCO1)C(=O)O. The van der Waals surface area contributed by atoms with Gasteiger partial charge in [-0.3, -0.25) is 0 Å². The molecule has 0 aromatic rings. The Morgan fingerprint density at radius 3 is 2.76 bits per heavy atom. The van der Waals surface area contributed by atoms with Gasteiger partial charge in [0, 0.05) is 20.2 Å². The third-order valence-electron chi connectivity index (χ3n) is 2.85. The smallest absolute Gasteiger partial charge is 0.326 e. The van der Waals surface area contributed by atoms with Gasteiger partial charge in [0.05, 0.1) is 6.10 Å². The van der Waals surface area contributed by atoms with Crippen LogP contribution in [0.1, 0.15) is 26.2 Å². The summed E-state index contributed by atoms with van der Waals surface area (Å²) in [5, 5.41) is 11.3. The molecule has 1 fully saturated rings. The molecule has 98 valence electrons. The number of likely N-dealkylation sites (N-methyl/N-ethyl adjacent to an activating group) is 1. The highest BCUT2D eigenvalue weighted by molar-refractivity contribution is 5.82. The molecule has 2 N–H and O–H groups in total. The van der Waals surface area contributed by atoms with E-state index in [4.69, 9.17) is 9.84 Å². The minimum atomic E-state index is -1.01. The Kier molecular flexibility index (Phi) is 5.21. The number of urea groups is 1. The maximum absolute atomic E-state index is 11.7. The van der Waals surface area contributed by atoms with Crippen molar-refractivity contribution in [1.29, 1.82) is 0 Å². The Hall–Kier alpha value is -1.30. The molecule has 0 bridgehead atoms. The second kappa shape index (κ2) is 6.44. The topological polar surface area (TPSA) is 78.9 Å². The molecular formula is C11H20N2O4. The first-order valence-corrected chi connectivity index (χ1v) is 5.90. The molecule has 6 nitrogen and oxygen atoms in total. The van der Waals surface area contributed by atoms with Crippen molar-refractivity contribution in [3.63, 3.8) is 0 Å². The largest absolute Gasteiger partial charge is 0.480 e. The van der Waals surface area contributed by atoms with Gasteiger partial charge in [-0.25, -0.2) is 9.59 Å². The third kappa shape index (κ3) is 4.22. The summed E-state index contributed by atoms with van der Waals surface area (Å²) in [4.78, 5) is 23.9. The van der Waals surface area contributed by atoms with Crippen LogP contribution in [0.25, 0.3) is 0 Å². The van der Waals surface area contributed by atoms with E-state index in [1.54, 1.807) is 14.0 Å². The predicted octanol–water partition coefficient (Wildman–Crippen LogP) is 0.670. The zero-order chi connectivity index (χ0) is 12.8. The first kappa shape index (κ1) is 13.8. The highest BCUT2D eigenvalue weighted by atomic mass is 16.5. The van der Waals surface area contributed by atoms with Crippen LogP contribution >= 0.6 is 0 Å². The number of carbonyl (C=O) groups excluding carboxylic acids is 1. The van der Waals surface area contributed by atoms with E-state index in [1.165, 1.54) is 4.90 Å². The van der Waals surface area contributed by atoms with E-state index in [-0.39, 0.29) is 12.1 Å². The number of nitrogens with one attached hydrogen (secondary N) is 1. The number of amides is 2. The number of carboxylic acids is 1. The number of ether oxygens (including phenoxy) is 1. The molecule has 1 aliphatic heterocycles. The molecule has 0 aromatic carbocycles. The maximum atomic E-state index is 11.7. The summed E-state index contributed by atoms with van der Waals surface area (Å²) in [5.41, 5.74) is 0. The van der Waals surface area contributed by atoms with Crippen LogP contribution in [-0.2, 0) is 9.53 Å². The number of carbonyl (C=O) groups is 2. The molecule has 2 atom stereocenters. The van der Waals surface area contributed by atoms with Gasteiger partial charge in [-0.2, -0.15) is 0 Å². The van der Waals surface area contributed by atoms with Crippen LogP contribution in [0.4, 0.5) is 4.79 Å². The molecule has 0 saturated carbocycles. The van der Waals surface area contributed by atoms with Crippen LogP contribution in [0.5, 0.6) is 0 Å². The highest BCUT2D eigenvalue weighted by Gasteiger charge is 2.23. The zero-order valence-corrected chi connectivity index (χ0v) is 10.3. The van der Waals surface area contributed by atoms with Crippen LogP contribution in [0.2, 0.25) is 0 Å². The summed E-state index contributed by atoms with van der Waals surface area (Å²) in [6.07, 6.45) is 2.42. The van der Waals surface area contributed by atoms with Gasteiger partial charge in [0.25, 0.3) is 0 Å². The number of carboxylic acid groups (broad SMARTS) is 1. The molecule has 1 unspecified atom stereocenters. The van der Waals surface area contributed by atoms with Crippen LogP contribution in [0.15, 0.2) is 0 Å². The first-order valence-electron chi connectivity index (χ1n) is 5.90. The normalized spacial score (nSPS) is 20.9. The number of hydrogen-bond acceptors (Lipinski definition) is 3. The van der Waals surface area contributed by atoms with Crippen molar-refractivity contribution in [2.45, 2.75) is 38.3 Å². The molecule has 1 rings (SSSR count). The molecule has 0 spiro atoms. The fraction of sp³-hybridized carbons (Fsp3) is 0.818. The molecule has 0 radical (unpaired) electrons. The summed E-state index contributed by atoms with van der Waals surface area (Å²) < 4.78 is 5.41. The molecule has 1 saturated heterocycles. The first-order chi connectivity index (χ1) is 8.04. The fourth-order valence-corrected chi connectivity index (χ4v) is 1.77. The van der Waals surface area contributed by atoms with Gasteiger partial charge < -0.3 is 20.1 Å². The van der Waals surface area contributed by atoms with Crippen molar-refractivity contribution in [3.8, 4) is 0 Å². The van der Waals surface area contributed by atoms with E-state index in [2.05, 4.69) is 5.32 Å². The summed E-state index contributed by atoms with van der Waals surface area (Å²) in [6.45, 7) is 2.97. The van der Waals surface area contributed by atoms with Crippen molar-refractivity contribution >= 4 is 12.0 Å². The van der Waals surface area contributed by atoms with Crippen LogP contribution < -0.4 is 5.32 Å². The molecule has 1 aliphatic rings. The molecule has 6 heteroatoms. The Bertz CT molecular complexity index is 277. The van der Waals surface area contributed by atoms with Gasteiger partial charge in [-0.05, 0) is 19.3 Å². The van der Waals surface area contributed by atoms with Gasteiger partial charge in [0.1, 0.15) is 6.04 Å². The van der Waals surface area contributed by atoms with Crippen molar-refractivity contribution in [2.75, 3.05) is 20.2 Å². The van der Waals surface area contributed by atoms with E-state index < -0.39 is 12.0 Å². The van der Waals surface area contributed by atoms with Crippen LogP contribution in [0.3, 0.4) is 0 Å². The lowest BCUT2D eigenvalue weighted by atomic mass is 10.2. The third-order valence-corrected chi connectivity index (χ3v) is 2.85. The lowest BCUT2D eigenvalue weighted by molar-refractivity contribution is -0.139. The van der Waals surface area contributed by atoms with Gasteiger partial charge in [-0.15, -0.1) is 0 Å². The van der Waals surface area contributed by atoms with Crippen molar-refractivity contribution < 1.29 is 19.4 Å². The van der Waals surface area contributed by atoms with E-state index in [0.29, 0.717) is 13.0 Å². The summed E-state index contributed by atoms with van der Waals surface area (Å²) in [6, 6.07) is -1.19. The zero-order valence-electron chi connectivity index (χ0n) is 10.3. The predicted molar refractivity (Wildman–Crippen MR) is 61.9 cm³/mol. The minimum absolute atomic E-state index is 0.0793. The highest BCUT2D eigenvalue weighted by Crippen LogP contribution is 2.12. The second-order valence-electron chi connectivity index (χ2n) is 4.26. The summed E-state index contributed by atoms with van der Waals surface area (Å²) in [5.74, 6) is -1.01. The molecule has 0 aliphatic carbocycles. The second-order valence-corrected chi connectivity index (χ2v) is 4.26. The number of aliphatic carboxylic acids is 1. The minimum Gasteiger partial charge on any atom is -0.480 e. The van der Waals surface area contributed by atoms with Crippen molar-refractivity contribution in [1.82, 2.24) is 10.2 Å². The molecule has 1 heterocycles. The monoisotopic (exact) mass is 244 g/mol. The van der Waals surface area contributed by atoms with E-state index in [1.807, 2.05) is 0 Å². The average Bonchev–Trinajstić information content (AvgIpc) is 2.77. The molecule has 17 heavy (non-hydrogen) atoms. The Balaban J connectivity index is 2.37. The van der Waals surface area contributed by atoms with Gasteiger partial charge in [0.2, 0.25) is 0 Å². The van der Waals surface area contributed by atoms with Gasteiger partial charge >= 0.3 is 12.0 Å². The summed E-state index contributed by atoms with van der Waals surface area (Å²) in [7, 11) is 1.64.